The Morgan fingerprint density at radius 3 is 1.50 bits per heavy atom. The second-order valence-corrected chi connectivity index (χ2v) is 13.1. The van der Waals surface area contributed by atoms with Crippen molar-refractivity contribution in [3.05, 3.63) is 0 Å². The van der Waals surface area contributed by atoms with E-state index >= 15 is 0 Å². The molecule has 4 atom stereocenters. The molecule has 0 bridgehead atoms. The Balaban J connectivity index is 1.32. The van der Waals surface area contributed by atoms with E-state index in [1.807, 2.05) is 0 Å². The Labute approximate surface area is 157 Å². The summed E-state index contributed by atoms with van der Waals surface area (Å²) in [7, 11) is -6.17. The van der Waals surface area contributed by atoms with Crippen molar-refractivity contribution in [2.24, 2.45) is 9.98 Å². The fourth-order valence-electron chi connectivity index (χ4n) is 3.14. The molecule has 2 N–H and O–H groups in total. The lowest BCUT2D eigenvalue weighted by Gasteiger charge is -2.07. The second-order valence-electron chi connectivity index (χ2n) is 6.38. The zero-order chi connectivity index (χ0) is 18.7. The van der Waals surface area contributed by atoms with Gasteiger partial charge in [0, 0.05) is 10.5 Å². The molecule has 14 heteroatoms. The molecule has 0 aromatic heterocycles. The zero-order valence-electron chi connectivity index (χ0n) is 13.1. The number of hydrogen-bond donors (Lipinski definition) is 2. The van der Waals surface area contributed by atoms with Crippen LogP contribution in [0.5, 0.6) is 0 Å². The van der Waals surface area contributed by atoms with Crippen molar-refractivity contribution in [1.29, 1.82) is 0 Å². The normalized spacial score (nSPS) is 36.0. The second kappa shape index (κ2) is 6.21. The van der Waals surface area contributed by atoms with Crippen LogP contribution in [0.2, 0.25) is 0 Å². The molecular formula is C12H14N4O6S4. The molecule has 0 unspecified atom stereocenters. The maximum absolute atomic E-state index is 12.0. The molecule has 2 saturated heterocycles. The van der Waals surface area contributed by atoms with Crippen LogP contribution in [0.4, 0.5) is 0 Å². The van der Waals surface area contributed by atoms with Gasteiger partial charge in [0.2, 0.25) is 0 Å². The number of nitrogens with one attached hydrogen (secondary N) is 2. The first-order valence-electron chi connectivity index (χ1n) is 7.62. The first kappa shape index (κ1) is 18.3. The van der Waals surface area contributed by atoms with E-state index in [4.69, 9.17) is 0 Å². The number of amides is 2. The number of aliphatic imine (C=N–C) groups is 2. The lowest BCUT2D eigenvalue weighted by atomic mass is 10.3. The number of fused-ring (bicyclic) bond motifs is 2. The van der Waals surface area contributed by atoms with Crippen molar-refractivity contribution in [2.45, 2.75) is 22.6 Å². The molecule has 142 valence electrons. The van der Waals surface area contributed by atoms with Gasteiger partial charge in [0.1, 0.15) is 0 Å². The molecule has 0 spiro atoms. The van der Waals surface area contributed by atoms with E-state index in [-0.39, 0.29) is 55.9 Å². The smallest absolute Gasteiger partial charge is 0.297 e. The third-order valence-electron chi connectivity index (χ3n) is 4.28. The Bertz CT molecular complexity index is 878. The predicted octanol–water partition coefficient (Wildman–Crippen LogP) is -2.24. The minimum atomic E-state index is -3.09. The number of hydrogen-bond acceptors (Lipinski definition) is 10. The lowest BCUT2D eigenvalue weighted by molar-refractivity contribution is -0.137. The molecule has 4 aliphatic heterocycles. The maximum atomic E-state index is 12.0. The van der Waals surface area contributed by atoms with Gasteiger partial charge in [-0.2, -0.15) is 0 Å². The minimum absolute atomic E-state index is 0.0104. The summed E-state index contributed by atoms with van der Waals surface area (Å²) in [6.07, 6.45) is 0. The van der Waals surface area contributed by atoms with Crippen LogP contribution in [0, 0.1) is 0 Å². The SMILES string of the molecule is O=C(NC1=N[C@@H]2CS(=O)(=O)C[C@@H]2S1)C(=O)NC1=N[C@@H]2CS(=O)(=O)C[C@H]2S1. The Kier molecular flexibility index (Phi) is 4.36. The molecule has 4 heterocycles. The number of nitrogens with zero attached hydrogens (tertiary/aromatic N) is 2. The predicted molar refractivity (Wildman–Crippen MR) is 98.8 cm³/mol. The molecule has 0 aliphatic carbocycles. The highest BCUT2D eigenvalue weighted by atomic mass is 32.2. The summed E-state index contributed by atoms with van der Waals surface area (Å²) in [5.41, 5.74) is 0. The molecule has 0 radical (unpaired) electrons. The van der Waals surface area contributed by atoms with Gasteiger partial charge in [-0.1, -0.05) is 23.5 Å². The maximum Gasteiger partial charge on any atom is 0.315 e. The third-order valence-corrected chi connectivity index (χ3v) is 10.6. The molecule has 4 rings (SSSR count). The van der Waals surface area contributed by atoms with E-state index < -0.39 is 31.5 Å². The van der Waals surface area contributed by atoms with Crippen molar-refractivity contribution in [3.8, 4) is 0 Å². The molecule has 0 saturated carbocycles. The summed E-state index contributed by atoms with van der Waals surface area (Å²) in [6, 6.07) is -0.779. The number of rotatable bonds is 0. The number of carbonyl (C=O) groups is 2. The summed E-state index contributed by atoms with van der Waals surface area (Å²) in [4.78, 5) is 32.3. The molecule has 2 amide bonds. The highest BCUT2D eigenvalue weighted by molar-refractivity contribution is 8.15. The topological polar surface area (TPSA) is 151 Å². The van der Waals surface area contributed by atoms with Crippen LogP contribution in [-0.4, -0.2) is 84.6 Å². The largest absolute Gasteiger partial charge is 0.315 e. The van der Waals surface area contributed by atoms with E-state index in [2.05, 4.69) is 20.6 Å². The first-order valence-corrected chi connectivity index (χ1v) is 13.0. The van der Waals surface area contributed by atoms with Crippen molar-refractivity contribution < 1.29 is 26.4 Å². The van der Waals surface area contributed by atoms with Crippen LogP contribution in [0.1, 0.15) is 0 Å². The minimum Gasteiger partial charge on any atom is -0.297 e. The van der Waals surface area contributed by atoms with Crippen molar-refractivity contribution in [1.82, 2.24) is 10.6 Å². The number of carbonyl (C=O) groups excluding carboxylic acids is 2. The van der Waals surface area contributed by atoms with Crippen LogP contribution >= 0.6 is 23.5 Å². The lowest BCUT2D eigenvalue weighted by Crippen LogP contribution is -2.43. The Hall–Kier alpha value is -1.12. The van der Waals surface area contributed by atoms with Crippen LogP contribution in [-0.2, 0) is 29.3 Å². The van der Waals surface area contributed by atoms with Crippen molar-refractivity contribution >= 4 is 65.3 Å². The summed E-state index contributed by atoms with van der Waals surface area (Å²) in [5, 5.41) is 4.77. The number of amidine groups is 2. The molecule has 0 aromatic carbocycles. The van der Waals surface area contributed by atoms with Crippen LogP contribution in [0.3, 0.4) is 0 Å². The van der Waals surface area contributed by atoms with Gasteiger partial charge >= 0.3 is 11.8 Å². The quantitative estimate of drug-likeness (QED) is 0.403. The molecule has 2 fully saturated rings. The average molecular weight is 439 g/mol. The zero-order valence-corrected chi connectivity index (χ0v) is 16.4. The Morgan fingerprint density at radius 2 is 1.15 bits per heavy atom. The van der Waals surface area contributed by atoms with Gasteiger partial charge in [-0.05, 0) is 0 Å². The van der Waals surface area contributed by atoms with Crippen molar-refractivity contribution in [3.63, 3.8) is 0 Å². The first-order chi connectivity index (χ1) is 12.1. The molecular weight excluding hydrogens is 424 g/mol. The summed E-state index contributed by atoms with van der Waals surface area (Å²) in [6.45, 7) is 0. The molecule has 26 heavy (non-hydrogen) atoms. The van der Waals surface area contributed by atoms with Gasteiger partial charge in [0.25, 0.3) is 0 Å². The molecule has 10 nitrogen and oxygen atoms in total. The molecule has 0 aromatic rings. The standard InChI is InChI=1S/C12H14N4O6S4/c17-9(15-11-13-5-1-25(19,20)3-7(5)23-11)10(18)16-12-14-6-2-26(21,22)4-8(6)24-12/h5-8H,1-4H2,(H,13,15,17)(H,14,16,18)/t5-,6-,7-,8+/m1/s1. The summed E-state index contributed by atoms with van der Waals surface area (Å²) in [5.74, 6) is -1.92. The van der Waals surface area contributed by atoms with E-state index in [0.29, 0.717) is 0 Å². The highest BCUT2D eigenvalue weighted by Crippen LogP contribution is 2.34. The van der Waals surface area contributed by atoms with Gasteiger partial charge in [0.15, 0.2) is 30.0 Å². The van der Waals surface area contributed by atoms with E-state index in [0.717, 1.165) is 23.5 Å². The van der Waals surface area contributed by atoms with Crippen LogP contribution in [0.25, 0.3) is 0 Å². The molecule has 4 aliphatic rings. The summed E-state index contributed by atoms with van der Waals surface area (Å²) < 4.78 is 46.0. The van der Waals surface area contributed by atoms with Gasteiger partial charge < -0.3 is 0 Å². The van der Waals surface area contributed by atoms with E-state index in [1.165, 1.54) is 0 Å². The van der Waals surface area contributed by atoms with Gasteiger partial charge in [-0.25, -0.2) is 16.8 Å². The average Bonchev–Trinajstić information content (AvgIpc) is 3.14. The van der Waals surface area contributed by atoms with Crippen LogP contribution < -0.4 is 10.6 Å². The highest BCUT2D eigenvalue weighted by Gasteiger charge is 2.44. The van der Waals surface area contributed by atoms with Crippen molar-refractivity contribution in [2.75, 3.05) is 23.0 Å². The fourth-order valence-corrected chi connectivity index (χ4v) is 10.4. The fraction of sp³-hybridized carbons (Fsp3) is 0.667. The number of sulfone groups is 2. The van der Waals surface area contributed by atoms with Gasteiger partial charge in [-0.3, -0.25) is 30.2 Å². The van der Waals surface area contributed by atoms with Crippen LogP contribution in [0.15, 0.2) is 9.98 Å². The van der Waals surface area contributed by atoms with E-state index in [1.54, 1.807) is 0 Å². The van der Waals surface area contributed by atoms with Gasteiger partial charge in [-0.15, -0.1) is 0 Å². The monoisotopic (exact) mass is 438 g/mol. The number of thioether (sulfide) groups is 2. The van der Waals surface area contributed by atoms with Gasteiger partial charge in [0.05, 0.1) is 35.1 Å². The summed E-state index contributed by atoms with van der Waals surface area (Å²) >= 11 is 2.28. The van der Waals surface area contributed by atoms with E-state index in [9.17, 15) is 26.4 Å². The Morgan fingerprint density at radius 1 is 0.769 bits per heavy atom. The third kappa shape index (κ3) is 3.64.